The van der Waals surface area contributed by atoms with Crippen molar-refractivity contribution in [2.24, 2.45) is 0 Å². The average molecular weight is 654 g/mol. The topological polar surface area (TPSA) is 104 Å². The van der Waals surface area contributed by atoms with E-state index >= 15 is 0 Å². The van der Waals surface area contributed by atoms with Crippen LogP contribution in [0.2, 0.25) is 0 Å². The Bertz CT molecular complexity index is 1420. The molecule has 3 aromatic rings. The van der Waals surface area contributed by atoms with Crippen LogP contribution in [0.25, 0.3) is 0 Å². The van der Waals surface area contributed by atoms with E-state index in [0.29, 0.717) is 24.5 Å². The molecule has 0 saturated carbocycles. The maximum atomic E-state index is 13.4. The Kier molecular flexibility index (Phi) is 8.88. The van der Waals surface area contributed by atoms with Crippen molar-refractivity contribution in [2.45, 2.75) is 35.5 Å². The molecule has 37 heavy (non-hydrogen) atoms. The fourth-order valence-corrected chi connectivity index (χ4v) is 7.43. The Hall–Kier alpha value is -2.48. The van der Waals surface area contributed by atoms with Gasteiger partial charge in [0.15, 0.2) is 0 Å². The minimum Gasteiger partial charge on any atom is -0.325 e. The van der Waals surface area contributed by atoms with Gasteiger partial charge in [-0.1, -0.05) is 31.0 Å². The number of rotatable bonds is 8. The summed E-state index contributed by atoms with van der Waals surface area (Å²) in [4.78, 5) is 13.2. The average Bonchev–Trinajstić information content (AvgIpc) is 3.19. The van der Waals surface area contributed by atoms with Gasteiger partial charge in [-0.25, -0.2) is 16.8 Å². The van der Waals surface area contributed by atoms with Crippen LogP contribution >= 0.6 is 22.6 Å². The van der Waals surface area contributed by atoms with Gasteiger partial charge in [0.2, 0.25) is 15.9 Å². The number of nitrogens with zero attached hydrogens (tertiary/aromatic N) is 2. The molecule has 196 valence electrons. The molecular formula is C26H28IN3O5S2. The van der Waals surface area contributed by atoms with Gasteiger partial charge >= 0.3 is 0 Å². The summed E-state index contributed by atoms with van der Waals surface area (Å²) in [6.07, 6.45) is 3.74. The first-order valence-corrected chi connectivity index (χ1v) is 15.9. The van der Waals surface area contributed by atoms with Crippen molar-refractivity contribution >= 4 is 59.9 Å². The Morgan fingerprint density at radius 1 is 0.784 bits per heavy atom. The van der Waals surface area contributed by atoms with Gasteiger partial charge in [0.25, 0.3) is 10.0 Å². The maximum absolute atomic E-state index is 13.4. The van der Waals surface area contributed by atoms with E-state index in [1.807, 2.05) is 0 Å². The van der Waals surface area contributed by atoms with E-state index in [-0.39, 0.29) is 9.79 Å². The predicted octanol–water partition coefficient (Wildman–Crippen LogP) is 4.69. The van der Waals surface area contributed by atoms with Crippen LogP contribution in [-0.4, -0.2) is 46.7 Å². The van der Waals surface area contributed by atoms with Crippen molar-refractivity contribution in [3.8, 4) is 0 Å². The summed E-state index contributed by atoms with van der Waals surface area (Å²) in [5.74, 6) is -0.554. The molecule has 0 aromatic heterocycles. The summed E-state index contributed by atoms with van der Waals surface area (Å²) in [6.45, 7) is 0.557. The minimum absolute atomic E-state index is 0.0735. The van der Waals surface area contributed by atoms with Crippen LogP contribution in [0.4, 0.5) is 11.4 Å². The molecule has 1 aliphatic rings. The van der Waals surface area contributed by atoms with E-state index in [9.17, 15) is 21.6 Å². The molecule has 3 aromatic carbocycles. The lowest BCUT2D eigenvalue weighted by atomic mass is 10.2. The number of carbonyl (C=O) groups is 1. The Balaban J connectivity index is 1.52. The van der Waals surface area contributed by atoms with Gasteiger partial charge in [0, 0.05) is 22.3 Å². The highest BCUT2D eigenvalue weighted by molar-refractivity contribution is 14.1. The molecule has 8 nitrogen and oxygen atoms in total. The van der Waals surface area contributed by atoms with Crippen molar-refractivity contribution in [3.63, 3.8) is 0 Å². The van der Waals surface area contributed by atoms with Gasteiger partial charge in [-0.2, -0.15) is 4.31 Å². The summed E-state index contributed by atoms with van der Waals surface area (Å²) in [7, 11) is -7.62. The first-order chi connectivity index (χ1) is 17.7. The fraction of sp³-hybridized carbons (Fsp3) is 0.269. The molecule has 1 fully saturated rings. The van der Waals surface area contributed by atoms with Crippen molar-refractivity contribution in [3.05, 3.63) is 82.4 Å². The largest absolute Gasteiger partial charge is 0.325 e. The molecule has 4 rings (SSSR count). The van der Waals surface area contributed by atoms with E-state index in [4.69, 9.17) is 0 Å². The van der Waals surface area contributed by atoms with Gasteiger partial charge in [-0.15, -0.1) is 0 Å². The molecule has 0 spiro atoms. The van der Waals surface area contributed by atoms with Crippen molar-refractivity contribution in [2.75, 3.05) is 29.3 Å². The highest BCUT2D eigenvalue weighted by Gasteiger charge is 2.28. The summed E-state index contributed by atoms with van der Waals surface area (Å²) in [6, 6.07) is 20.7. The molecule has 1 heterocycles. The molecule has 11 heteroatoms. The third-order valence-corrected chi connectivity index (χ3v) is 10.5. The smallest absolute Gasteiger partial charge is 0.264 e. The van der Waals surface area contributed by atoms with E-state index in [0.717, 1.165) is 33.6 Å². The summed E-state index contributed by atoms with van der Waals surface area (Å²) in [5.41, 5.74) is 0.734. The van der Waals surface area contributed by atoms with Crippen LogP contribution in [0.1, 0.15) is 25.7 Å². The van der Waals surface area contributed by atoms with Crippen LogP contribution in [0.15, 0.2) is 88.7 Å². The number of hydrogen-bond acceptors (Lipinski definition) is 5. The number of nitrogens with one attached hydrogen (secondary N) is 1. The van der Waals surface area contributed by atoms with Crippen molar-refractivity contribution in [1.29, 1.82) is 0 Å². The summed E-state index contributed by atoms with van der Waals surface area (Å²) in [5, 5.41) is 2.69. The number of halogens is 1. The molecule has 1 amide bonds. The number of benzene rings is 3. The van der Waals surface area contributed by atoms with Crippen molar-refractivity contribution < 1.29 is 21.6 Å². The van der Waals surface area contributed by atoms with Gasteiger partial charge in [0.1, 0.15) is 6.54 Å². The number of hydrogen-bond donors (Lipinski definition) is 1. The van der Waals surface area contributed by atoms with Gasteiger partial charge < -0.3 is 5.32 Å². The number of sulfonamides is 2. The third-order valence-electron chi connectivity index (χ3n) is 6.07. The molecule has 1 saturated heterocycles. The summed E-state index contributed by atoms with van der Waals surface area (Å²) >= 11 is 2.12. The van der Waals surface area contributed by atoms with Crippen LogP contribution in [0.3, 0.4) is 0 Å². The van der Waals surface area contributed by atoms with Gasteiger partial charge in [0.05, 0.1) is 15.5 Å². The zero-order valence-electron chi connectivity index (χ0n) is 20.1. The van der Waals surface area contributed by atoms with Crippen LogP contribution in [-0.2, 0) is 24.8 Å². The second-order valence-electron chi connectivity index (χ2n) is 8.69. The second kappa shape index (κ2) is 11.9. The first-order valence-electron chi connectivity index (χ1n) is 11.9. The van der Waals surface area contributed by atoms with E-state index in [1.165, 1.54) is 40.7 Å². The Labute approximate surface area is 231 Å². The lowest BCUT2D eigenvalue weighted by Crippen LogP contribution is -2.38. The third kappa shape index (κ3) is 6.70. The zero-order chi connectivity index (χ0) is 26.5. The minimum atomic E-state index is -4.01. The lowest BCUT2D eigenvalue weighted by molar-refractivity contribution is -0.114. The molecule has 0 unspecified atom stereocenters. The molecule has 0 radical (unpaired) electrons. The Morgan fingerprint density at radius 2 is 1.38 bits per heavy atom. The highest BCUT2D eigenvalue weighted by Crippen LogP contribution is 2.25. The highest BCUT2D eigenvalue weighted by atomic mass is 127. The number of carbonyl (C=O) groups excluding carboxylic acids is 1. The molecule has 1 aliphatic heterocycles. The summed E-state index contributed by atoms with van der Waals surface area (Å²) < 4.78 is 56.3. The maximum Gasteiger partial charge on any atom is 0.264 e. The van der Waals surface area contributed by atoms with Gasteiger partial charge in [-0.3, -0.25) is 9.10 Å². The van der Waals surface area contributed by atoms with Crippen LogP contribution < -0.4 is 9.62 Å². The molecule has 0 aliphatic carbocycles. The van der Waals surface area contributed by atoms with Gasteiger partial charge in [-0.05, 0) is 96.1 Å². The van der Waals surface area contributed by atoms with E-state index in [2.05, 4.69) is 27.9 Å². The molecule has 0 atom stereocenters. The number of amides is 1. The predicted molar refractivity (Wildman–Crippen MR) is 152 cm³/mol. The first kappa shape index (κ1) is 27.6. The normalized spacial score (nSPS) is 15.1. The van der Waals surface area contributed by atoms with Crippen LogP contribution in [0.5, 0.6) is 0 Å². The van der Waals surface area contributed by atoms with Crippen molar-refractivity contribution in [1.82, 2.24) is 4.31 Å². The molecule has 0 bridgehead atoms. The van der Waals surface area contributed by atoms with E-state index in [1.54, 1.807) is 42.5 Å². The zero-order valence-corrected chi connectivity index (χ0v) is 23.9. The molecular weight excluding hydrogens is 625 g/mol. The molecule has 1 N–H and O–H groups in total. The second-order valence-corrected chi connectivity index (χ2v) is 13.7. The van der Waals surface area contributed by atoms with Crippen LogP contribution in [0, 0.1) is 3.57 Å². The SMILES string of the molecule is O=C(CN(c1ccc(I)cc1)S(=O)(=O)c1ccccc1)Nc1ccc(S(=O)(=O)N2CCCCCC2)cc1. The quantitative estimate of drug-likeness (QED) is 0.356. The Morgan fingerprint density at radius 3 is 1.97 bits per heavy atom. The lowest BCUT2D eigenvalue weighted by Gasteiger charge is -2.24. The standard InChI is InChI=1S/C26H28IN3O5S2/c27-21-10-14-23(15-11-21)30(37(34,35)24-8-4-3-5-9-24)20-26(31)28-22-12-16-25(17-13-22)36(32,33)29-18-6-1-2-7-19-29/h3-5,8-17H,1-2,6-7,18-20H2,(H,28,31). The monoisotopic (exact) mass is 653 g/mol. The van der Waals surface area contributed by atoms with E-state index < -0.39 is 32.5 Å². The fourth-order valence-electron chi connectivity index (χ4n) is 4.11. The number of anilines is 2.